The Morgan fingerprint density at radius 1 is 1.47 bits per heavy atom. The van der Waals surface area contributed by atoms with Gasteiger partial charge in [-0.2, -0.15) is 0 Å². The third-order valence-corrected chi connectivity index (χ3v) is 3.86. The molecule has 4 nitrogen and oxygen atoms in total. The minimum atomic E-state index is -0.589. The van der Waals surface area contributed by atoms with Crippen molar-refractivity contribution in [2.45, 2.75) is 32.4 Å². The fourth-order valence-electron chi connectivity index (χ4n) is 1.50. The maximum absolute atomic E-state index is 11.5. The lowest BCUT2D eigenvalue weighted by atomic mass is 9.94. The van der Waals surface area contributed by atoms with Gasteiger partial charge in [0.2, 0.25) is 0 Å². The number of hydrogen-bond acceptors (Lipinski definition) is 4. The van der Waals surface area contributed by atoms with Gasteiger partial charge in [-0.1, -0.05) is 13.0 Å². The quantitative estimate of drug-likeness (QED) is 0.665. The Kier molecular flexibility index (Phi) is 5.00. The molecule has 1 aromatic rings. The Morgan fingerprint density at radius 3 is 2.63 bits per heavy atom. The van der Waals surface area contributed by atoms with Crippen LogP contribution in [0, 0.1) is 5.92 Å². The Balaban J connectivity index is 3.00. The second-order valence-electron chi connectivity index (χ2n) is 4.98. The Bertz CT molecular complexity index is 457. The van der Waals surface area contributed by atoms with Crippen LogP contribution in [0.25, 0.3) is 0 Å². The van der Waals surface area contributed by atoms with E-state index in [-0.39, 0.29) is 17.2 Å². The van der Waals surface area contributed by atoms with Crippen LogP contribution < -0.4 is 4.74 Å². The average molecular weight is 279 g/mol. The van der Waals surface area contributed by atoms with Crippen LogP contribution in [0.4, 0.5) is 0 Å². The monoisotopic (exact) mass is 279 g/mol. The van der Waals surface area contributed by atoms with Crippen molar-refractivity contribution in [3.05, 3.63) is 23.8 Å². The number of benzene rings is 1. The standard InChI is InChI=1S/C14H19O4Si/c1-9(8-19)14(2,3)18-10-5-6-12(15)11(7-10)13(16)17-4/h5-7,9,15H,8H2,1-4H3. The summed E-state index contributed by atoms with van der Waals surface area (Å²) < 4.78 is 10.5. The molecule has 0 fully saturated rings. The number of hydrogen-bond donors (Lipinski definition) is 1. The molecule has 1 aromatic carbocycles. The first-order chi connectivity index (χ1) is 8.81. The van der Waals surface area contributed by atoms with Gasteiger partial charge in [0.1, 0.15) is 22.7 Å². The van der Waals surface area contributed by atoms with Crippen LogP contribution in [0.15, 0.2) is 18.2 Å². The van der Waals surface area contributed by atoms with Crippen molar-refractivity contribution in [2.75, 3.05) is 7.11 Å². The van der Waals surface area contributed by atoms with Gasteiger partial charge in [-0.25, -0.2) is 4.79 Å². The second-order valence-corrected chi connectivity index (χ2v) is 5.39. The summed E-state index contributed by atoms with van der Waals surface area (Å²) in [4.78, 5) is 11.5. The third kappa shape index (κ3) is 3.73. The lowest BCUT2D eigenvalue weighted by Crippen LogP contribution is -2.35. The minimum absolute atomic E-state index is 0.0989. The molecule has 0 aromatic heterocycles. The van der Waals surface area contributed by atoms with Gasteiger partial charge in [-0.05, 0) is 38.0 Å². The molecular formula is C14H19O4Si. The van der Waals surface area contributed by atoms with Crippen LogP contribution in [0.2, 0.25) is 6.04 Å². The Labute approximate surface area is 117 Å². The fourth-order valence-corrected chi connectivity index (χ4v) is 1.99. The van der Waals surface area contributed by atoms with Crippen LogP contribution in [0.5, 0.6) is 11.5 Å². The minimum Gasteiger partial charge on any atom is -0.507 e. The van der Waals surface area contributed by atoms with Crippen molar-refractivity contribution in [1.29, 1.82) is 0 Å². The van der Waals surface area contributed by atoms with E-state index >= 15 is 0 Å². The summed E-state index contributed by atoms with van der Waals surface area (Å²) in [7, 11) is 4.75. The smallest absolute Gasteiger partial charge is 0.341 e. The summed E-state index contributed by atoms with van der Waals surface area (Å²) in [5.74, 6) is 0.0915. The number of esters is 1. The van der Waals surface area contributed by atoms with E-state index in [1.165, 1.54) is 19.2 Å². The van der Waals surface area contributed by atoms with Crippen molar-refractivity contribution < 1.29 is 19.4 Å². The summed E-state index contributed by atoms with van der Waals surface area (Å²) in [6, 6.07) is 5.35. The summed E-state index contributed by atoms with van der Waals surface area (Å²) in [6.07, 6.45) is 0. The fraction of sp³-hybridized carbons (Fsp3) is 0.500. The van der Waals surface area contributed by atoms with Crippen molar-refractivity contribution >= 4 is 16.2 Å². The van der Waals surface area contributed by atoms with Crippen LogP contribution in [0.3, 0.4) is 0 Å². The zero-order chi connectivity index (χ0) is 14.6. The van der Waals surface area contributed by atoms with E-state index in [2.05, 4.69) is 21.9 Å². The van der Waals surface area contributed by atoms with E-state index in [0.717, 1.165) is 6.04 Å². The Morgan fingerprint density at radius 2 is 2.11 bits per heavy atom. The number of carbonyl (C=O) groups excluding carboxylic acids is 1. The highest BCUT2D eigenvalue weighted by atomic mass is 28.1. The summed E-state index contributed by atoms with van der Waals surface area (Å²) >= 11 is 0. The summed E-state index contributed by atoms with van der Waals surface area (Å²) in [5.41, 5.74) is -0.298. The molecule has 0 bridgehead atoms. The van der Waals surface area contributed by atoms with Crippen LogP contribution in [0.1, 0.15) is 31.1 Å². The van der Waals surface area contributed by atoms with E-state index in [1.807, 2.05) is 13.8 Å². The van der Waals surface area contributed by atoms with E-state index in [1.54, 1.807) is 6.07 Å². The normalized spacial score (nSPS) is 12.9. The highest BCUT2D eigenvalue weighted by Gasteiger charge is 2.27. The molecule has 0 heterocycles. The largest absolute Gasteiger partial charge is 0.507 e. The van der Waals surface area contributed by atoms with E-state index in [4.69, 9.17) is 4.74 Å². The summed E-state index contributed by atoms with van der Waals surface area (Å²) in [5, 5.41) is 9.63. The number of ether oxygens (including phenoxy) is 2. The molecule has 0 saturated heterocycles. The molecule has 0 aliphatic carbocycles. The zero-order valence-electron chi connectivity index (χ0n) is 11.7. The lowest BCUT2D eigenvalue weighted by Gasteiger charge is -2.32. The van der Waals surface area contributed by atoms with Gasteiger partial charge in [0.05, 0.1) is 7.11 Å². The maximum atomic E-state index is 11.5. The molecule has 0 amide bonds. The molecule has 19 heavy (non-hydrogen) atoms. The molecule has 1 unspecified atom stereocenters. The molecule has 103 valence electrons. The van der Waals surface area contributed by atoms with E-state index < -0.39 is 11.6 Å². The third-order valence-electron chi connectivity index (χ3n) is 3.25. The number of phenolic OH excluding ortho intramolecular Hbond substituents is 1. The number of rotatable bonds is 5. The summed E-state index contributed by atoms with van der Waals surface area (Å²) in [6.45, 7) is 6.01. The van der Waals surface area contributed by atoms with Crippen LogP contribution >= 0.6 is 0 Å². The predicted octanol–water partition coefficient (Wildman–Crippen LogP) is 2.56. The van der Waals surface area contributed by atoms with Crippen molar-refractivity contribution in [1.82, 2.24) is 0 Å². The molecule has 0 saturated carbocycles. The van der Waals surface area contributed by atoms with Gasteiger partial charge < -0.3 is 14.6 Å². The highest BCUT2D eigenvalue weighted by Crippen LogP contribution is 2.30. The maximum Gasteiger partial charge on any atom is 0.341 e. The van der Waals surface area contributed by atoms with Crippen molar-refractivity contribution in [2.24, 2.45) is 5.92 Å². The lowest BCUT2D eigenvalue weighted by molar-refractivity contribution is 0.0565. The van der Waals surface area contributed by atoms with E-state index in [0.29, 0.717) is 5.75 Å². The Hall–Kier alpha value is -1.49. The molecule has 0 aliphatic heterocycles. The van der Waals surface area contributed by atoms with Gasteiger partial charge in [-0.3, -0.25) is 0 Å². The topological polar surface area (TPSA) is 55.8 Å². The second kappa shape index (κ2) is 6.10. The van der Waals surface area contributed by atoms with Gasteiger partial charge >= 0.3 is 5.97 Å². The molecule has 1 rings (SSSR count). The molecule has 3 radical (unpaired) electrons. The molecule has 0 spiro atoms. The van der Waals surface area contributed by atoms with Gasteiger partial charge in [0, 0.05) is 10.2 Å². The first-order valence-electron chi connectivity index (χ1n) is 6.06. The van der Waals surface area contributed by atoms with E-state index in [9.17, 15) is 9.90 Å². The molecular weight excluding hydrogens is 260 g/mol. The van der Waals surface area contributed by atoms with Crippen molar-refractivity contribution in [3.8, 4) is 11.5 Å². The first-order valence-corrected chi connectivity index (χ1v) is 6.77. The van der Waals surface area contributed by atoms with Crippen molar-refractivity contribution in [3.63, 3.8) is 0 Å². The average Bonchev–Trinajstić information content (AvgIpc) is 2.38. The molecule has 1 atom stereocenters. The molecule has 0 aliphatic rings. The number of methoxy groups -OCH3 is 1. The number of aromatic hydroxyl groups is 1. The van der Waals surface area contributed by atoms with Crippen LogP contribution in [-0.4, -0.2) is 34.0 Å². The number of carbonyl (C=O) groups is 1. The van der Waals surface area contributed by atoms with Gasteiger partial charge in [-0.15, -0.1) is 0 Å². The zero-order valence-corrected chi connectivity index (χ0v) is 12.7. The first kappa shape index (κ1) is 15.6. The predicted molar refractivity (Wildman–Crippen MR) is 73.9 cm³/mol. The van der Waals surface area contributed by atoms with Gasteiger partial charge in [0.25, 0.3) is 0 Å². The van der Waals surface area contributed by atoms with Gasteiger partial charge in [0.15, 0.2) is 0 Å². The van der Waals surface area contributed by atoms with Crippen LogP contribution in [-0.2, 0) is 4.74 Å². The highest BCUT2D eigenvalue weighted by molar-refractivity contribution is 6.08. The SMILES string of the molecule is COC(=O)c1cc(OC(C)(C)C(C)C[Si])ccc1O. The number of phenols is 1. The molecule has 1 N–H and O–H groups in total. The molecule has 5 heteroatoms.